The Morgan fingerprint density at radius 3 is 1.93 bits per heavy atom. The second-order valence-electron chi connectivity index (χ2n) is 2.55. The first-order valence-electron chi connectivity index (χ1n) is 4.09. The van der Waals surface area contributed by atoms with Crippen molar-refractivity contribution < 1.29 is 34.3 Å². The second-order valence-corrected chi connectivity index (χ2v) is 3.58. The van der Waals surface area contributed by atoms with Crippen LogP contribution in [-0.4, -0.2) is 30.9 Å². The highest BCUT2D eigenvalue weighted by Crippen LogP contribution is 2.25. The van der Waals surface area contributed by atoms with Crippen molar-refractivity contribution in [1.29, 1.82) is 0 Å². The summed E-state index contributed by atoms with van der Waals surface area (Å²) in [5.74, 6) is -1.80. The van der Waals surface area contributed by atoms with Crippen molar-refractivity contribution in [2.45, 2.75) is 26.2 Å². The Kier molecular flexibility index (Phi) is 9.30. The van der Waals surface area contributed by atoms with Crippen molar-refractivity contribution in [3.8, 4) is 0 Å². The zero-order valence-corrected chi connectivity index (χ0v) is 9.09. The van der Waals surface area contributed by atoms with Crippen LogP contribution in [-0.2, 0) is 9.36 Å². The zero-order chi connectivity index (χ0) is 12.5. The third kappa shape index (κ3) is 24.6. The molecule has 7 nitrogen and oxygen atoms in total. The number of carbonyl (C=O) groups is 1. The lowest BCUT2D eigenvalue weighted by Gasteiger charge is -1.90. The molecule has 15 heavy (non-hydrogen) atoms. The predicted octanol–water partition coefficient (Wildman–Crippen LogP) is 0.774. The smallest absolute Gasteiger partial charge is 0.466 e. The average molecular weight is 242 g/mol. The number of aliphatic carboxylic acids is 1. The van der Waals surface area contributed by atoms with E-state index in [1.807, 2.05) is 6.92 Å². The average Bonchev–Trinajstić information content (AvgIpc) is 2.01. The summed E-state index contributed by atoms with van der Waals surface area (Å²) < 4.78 is 8.88. The fourth-order valence-corrected chi connectivity index (χ4v) is 0.530. The van der Waals surface area contributed by atoms with Crippen molar-refractivity contribution in [2.24, 2.45) is 0 Å². The number of aliphatic hydroxyl groups is 1. The van der Waals surface area contributed by atoms with E-state index in [0.717, 1.165) is 12.8 Å². The van der Waals surface area contributed by atoms with Crippen molar-refractivity contribution in [1.82, 2.24) is 0 Å². The molecule has 0 aliphatic carbocycles. The number of carboxylic acid groups (broad SMARTS) is 1. The summed E-state index contributed by atoms with van der Waals surface area (Å²) in [7, 11) is -4.64. The summed E-state index contributed by atoms with van der Waals surface area (Å²) >= 11 is 0. The van der Waals surface area contributed by atoms with E-state index in [0.29, 0.717) is 6.42 Å². The lowest BCUT2D eigenvalue weighted by atomic mass is 10.2. The normalized spacial score (nSPS) is 11.6. The van der Waals surface area contributed by atoms with Gasteiger partial charge >= 0.3 is 13.8 Å². The maximum Gasteiger partial charge on any atom is 0.466 e. The van der Waals surface area contributed by atoms with Crippen LogP contribution in [0.25, 0.3) is 0 Å². The van der Waals surface area contributed by atoms with Crippen LogP contribution >= 0.6 is 7.82 Å². The Balaban J connectivity index is 0. The van der Waals surface area contributed by atoms with Gasteiger partial charge in [0.15, 0.2) is 5.76 Å². The Bertz CT molecular complexity index is 246. The van der Waals surface area contributed by atoms with E-state index in [1.165, 1.54) is 6.08 Å². The van der Waals surface area contributed by atoms with Crippen molar-refractivity contribution >= 4 is 13.8 Å². The van der Waals surface area contributed by atoms with E-state index < -0.39 is 19.6 Å². The standard InChI is InChI=1S/C7H12O3.H3O4P/c1-2-3-4-5-6(8)7(9)10;1-5(2,3)4/h5,8H,2-4H2,1H3,(H,9,10);(H3,1,2,3,4)/b6-5-;. The lowest BCUT2D eigenvalue weighted by molar-refractivity contribution is -0.135. The quantitative estimate of drug-likeness (QED) is 0.212. The summed E-state index contributed by atoms with van der Waals surface area (Å²) in [4.78, 5) is 31.5. The maximum atomic E-state index is 9.98. The van der Waals surface area contributed by atoms with Crippen LogP contribution < -0.4 is 0 Å². The first kappa shape index (κ1) is 16.5. The van der Waals surface area contributed by atoms with Crippen molar-refractivity contribution in [2.75, 3.05) is 0 Å². The highest BCUT2D eigenvalue weighted by Gasteiger charge is 2.00. The van der Waals surface area contributed by atoms with Gasteiger partial charge in [0.2, 0.25) is 0 Å². The van der Waals surface area contributed by atoms with E-state index in [-0.39, 0.29) is 0 Å². The van der Waals surface area contributed by atoms with Gasteiger partial charge in [-0.15, -0.1) is 0 Å². The van der Waals surface area contributed by atoms with Crippen LogP contribution in [0.1, 0.15) is 26.2 Å². The molecule has 0 aliphatic heterocycles. The van der Waals surface area contributed by atoms with Gasteiger partial charge in [0.05, 0.1) is 0 Å². The SMILES string of the molecule is CCCC/C=C(\O)C(=O)O.O=P(O)(O)O. The Labute approximate surface area is 86.9 Å². The summed E-state index contributed by atoms with van der Waals surface area (Å²) in [6, 6.07) is 0. The van der Waals surface area contributed by atoms with Gasteiger partial charge in [-0.05, 0) is 18.9 Å². The summed E-state index contributed by atoms with van der Waals surface area (Å²) in [6.45, 7) is 2.01. The number of hydrogen-bond donors (Lipinski definition) is 5. The van der Waals surface area contributed by atoms with Gasteiger partial charge in [0, 0.05) is 0 Å². The van der Waals surface area contributed by atoms with Crippen molar-refractivity contribution in [3.05, 3.63) is 11.8 Å². The number of unbranched alkanes of at least 4 members (excludes halogenated alkanes) is 2. The first-order chi connectivity index (χ1) is 6.68. The number of aliphatic hydroxyl groups excluding tert-OH is 1. The minimum atomic E-state index is -4.64. The Hall–Kier alpha value is -0.880. The molecule has 0 heterocycles. The highest BCUT2D eigenvalue weighted by atomic mass is 31.2. The minimum Gasteiger partial charge on any atom is -0.502 e. The summed E-state index contributed by atoms with van der Waals surface area (Å²) in [5, 5.41) is 16.8. The first-order valence-corrected chi connectivity index (χ1v) is 5.65. The van der Waals surface area contributed by atoms with Gasteiger partial charge in [0.1, 0.15) is 0 Å². The van der Waals surface area contributed by atoms with E-state index in [2.05, 4.69) is 0 Å². The molecule has 0 aromatic heterocycles. The number of allylic oxidation sites excluding steroid dienone is 1. The lowest BCUT2D eigenvalue weighted by Crippen LogP contribution is -1.98. The summed E-state index contributed by atoms with van der Waals surface area (Å²) in [5.41, 5.74) is 0. The van der Waals surface area contributed by atoms with Gasteiger partial charge in [-0.25, -0.2) is 9.36 Å². The van der Waals surface area contributed by atoms with Crippen LogP contribution in [0.15, 0.2) is 11.8 Å². The molecule has 0 aliphatic rings. The molecule has 0 aromatic carbocycles. The van der Waals surface area contributed by atoms with E-state index in [4.69, 9.17) is 29.5 Å². The van der Waals surface area contributed by atoms with Gasteiger partial charge in [-0.3, -0.25) is 0 Å². The molecule has 0 aromatic rings. The molecule has 0 fully saturated rings. The molecule has 5 N–H and O–H groups in total. The second kappa shape index (κ2) is 8.43. The molecule has 90 valence electrons. The number of hydrogen-bond acceptors (Lipinski definition) is 3. The van der Waals surface area contributed by atoms with Gasteiger partial charge < -0.3 is 24.9 Å². The molecule has 0 saturated carbocycles. The van der Waals surface area contributed by atoms with Crippen LogP contribution in [0, 0.1) is 0 Å². The molecule has 8 heteroatoms. The van der Waals surface area contributed by atoms with Crippen molar-refractivity contribution in [3.63, 3.8) is 0 Å². The number of carboxylic acids is 1. The number of phosphoric acid groups is 1. The predicted molar refractivity (Wildman–Crippen MR) is 52.1 cm³/mol. The highest BCUT2D eigenvalue weighted by molar-refractivity contribution is 7.45. The van der Waals surface area contributed by atoms with E-state index in [1.54, 1.807) is 0 Å². The Morgan fingerprint density at radius 2 is 1.67 bits per heavy atom. The maximum absolute atomic E-state index is 9.98. The molecule has 0 saturated heterocycles. The third-order valence-corrected chi connectivity index (χ3v) is 1.11. The minimum absolute atomic E-state index is 0.548. The molecule has 0 amide bonds. The Morgan fingerprint density at radius 1 is 1.27 bits per heavy atom. The van der Waals surface area contributed by atoms with Gasteiger partial charge in [-0.1, -0.05) is 13.3 Å². The van der Waals surface area contributed by atoms with Crippen LogP contribution in [0.5, 0.6) is 0 Å². The number of rotatable bonds is 4. The molecule has 0 rings (SSSR count). The molecule has 0 radical (unpaired) electrons. The largest absolute Gasteiger partial charge is 0.502 e. The third-order valence-electron chi connectivity index (χ3n) is 1.11. The molecule has 0 unspecified atom stereocenters. The molecule has 0 bridgehead atoms. The topological polar surface area (TPSA) is 135 Å². The van der Waals surface area contributed by atoms with Gasteiger partial charge in [-0.2, -0.15) is 0 Å². The fourth-order valence-electron chi connectivity index (χ4n) is 0.530. The van der Waals surface area contributed by atoms with E-state index in [9.17, 15) is 4.79 Å². The molecular weight excluding hydrogens is 227 g/mol. The van der Waals surface area contributed by atoms with Crippen LogP contribution in [0.4, 0.5) is 0 Å². The molecule has 0 atom stereocenters. The van der Waals surface area contributed by atoms with Crippen LogP contribution in [0.2, 0.25) is 0 Å². The zero-order valence-electron chi connectivity index (χ0n) is 8.20. The van der Waals surface area contributed by atoms with E-state index >= 15 is 0 Å². The summed E-state index contributed by atoms with van der Waals surface area (Å²) in [6.07, 6.45) is 3.88. The molecular formula is C7H15O7P. The van der Waals surface area contributed by atoms with Gasteiger partial charge in [0.25, 0.3) is 0 Å². The van der Waals surface area contributed by atoms with Crippen LogP contribution in [0.3, 0.4) is 0 Å². The fraction of sp³-hybridized carbons (Fsp3) is 0.571. The monoisotopic (exact) mass is 242 g/mol. The molecule has 0 spiro atoms.